The number of rotatable bonds is 3. The number of nitrogen functional groups attached to an aromatic ring is 1. The topological polar surface area (TPSA) is 66.5 Å². The fourth-order valence-corrected chi connectivity index (χ4v) is 2.10. The van der Waals surface area contributed by atoms with Crippen LogP contribution in [0.4, 0.5) is 5.69 Å². The summed E-state index contributed by atoms with van der Waals surface area (Å²) in [4.78, 5) is 0. The quantitative estimate of drug-likeness (QED) is 0.744. The molecule has 4 heteroatoms. The van der Waals surface area contributed by atoms with E-state index in [4.69, 9.17) is 17.3 Å². The molecular weight excluding hydrogens is 250 g/mol. The van der Waals surface area contributed by atoms with Crippen LogP contribution in [0.3, 0.4) is 0 Å². The summed E-state index contributed by atoms with van der Waals surface area (Å²) in [5.74, 6) is 0. The van der Waals surface area contributed by atoms with Crippen LogP contribution in [-0.4, -0.2) is 16.8 Å². The van der Waals surface area contributed by atoms with Gasteiger partial charge in [0, 0.05) is 16.3 Å². The van der Waals surface area contributed by atoms with Crippen molar-refractivity contribution in [3.63, 3.8) is 0 Å². The Labute approximate surface area is 110 Å². The Balaban J connectivity index is 2.60. The van der Waals surface area contributed by atoms with Gasteiger partial charge in [0.25, 0.3) is 0 Å². The van der Waals surface area contributed by atoms with Crippen LogP contribution in [0, 0.1) is 0 Å². The Morgan fingerprint density at radius 3 is 2.39 bits per heavy atom. The number of hydrogen-bond acceptors (Lipinski definition) is 3. The van der Waals surface area contributed by atoms with E-state index in [2.05, 4.69) is 0 Å². The molecule has 3 nitrogen and oxygen atoms in total. The summed E-state index contributed by atoms with van der Waals surface area (Å²) < 4.78 is 0. The predicted octanol–water partition coefficient (Wildman–Crippen LogP) is 2.15. The van der Waals surface area contributed by atoms with Crippen molar-refractivity contribution in [2.24, 2.45) is 0 Å². The first kappa shape index (κ1) is 12.9. The molecule has 94 valence electrons. The lowest BCUT2D eigenvalue weighted by Gasteiger charge is -2.28. The van der Waals surface area contributed by atoms with Crippen LogP contribution in [0.2, 0.25) is 5.02 Å². The summed E-state index contributed by atoms with van der Waals surface area (Å²) in [5.41, 5.74) is 5.68. The molecule has 18 heavy (non-hydrogen) atoms. The minimum absolute atomic E-state index is 0.389. The third-order valence-corrected chi connectivity index (χ3v) is 3.18. The molecule has 0 fully saturated rings. The summed E-state index contributed by atoms with van der Waals surface area (Å²) in [6, 6.07) is 13.7. The molecule has 0 radical (unpaired) electrons. The smallest absolute Gasteiger partial charge is 0.140 e. The molecule has 0 aromatic heterocycles. The fraction of sp³-hybridized carbons (Fsp3) is 0.143. The standard InChI is InChI=1S/C14H14ClNO2/c15-11-6-7-13(16)12(8-11)14(18,9-17)10-4-2-1-3-5-10/h1-8,17-18H,9,16H2. The number of nitrogens with two attached hydrogens (primary N) is 1. The van der Waals surface area contributed by atoms with Crippen molar-refractivity contribution < 1.29 is 10.2 Å². The highest BCUT2D eigenvalue weighted by Crippen LogP contribution is 2.34. The molecular formula is C14H14ClNO2. The highest BCUT2D eigenvalue weighted by Gasteiger charge is 2.32. The summed E-state index contributed by atoms with van der Waals surface area (Å²) >= 11 is 5.92. The Kier molecular flexibility index (Phi) is 3.57. The van der Waals surface area contributed by atoms with E-state index in [-0.39, 0.29) is 0 Å². The summed E-state index contributed by atoms with van der Waals surface area (Å²) in [5, 5.41) is 20.7. The third kappa shape index (κ3) is 2.20. The summed E-state index contributed by atoms with van der Waals surface area (Å²) in [7, 11) is 0. The van der Waals surface area contributed by atoms with E-state index in [9.17, 15) is 10.2 Å². The monoisotopic (exact) mass is 263 g/mol. The van der Waals surface area contributed by atoms with Gasteiger partial charge in [0.15, 0.2) is 0 Å². The molecule has 0 saturated heterocycles. The Morgan fingerprint density at radius 1 is 1.11 bits per heavy atom. The Morgan fingerprint density at radius 2 is 1.78 bits per heavy atom. The average molecular weight is 264 g/mol. The van der Waals surface area contributed by atoms with Gasteiger partial charge >= 0.3 is 0 Å². The second-order valence-electron chi connectivity index (χ2n) is 4.12. The van der Waals surface area contributed by atoms with Gasteiger partial charge in [-0.25, -0.2) is 0 Å². The molecule has 0 heterocycles. The first-order valence-corrected chi connectivity index (χ1v) is 5.90. The van der Waals surface area contributed by atoms with E-state index >= 15 is 0 Å². The number of aliphatic hydroxyl groups is 2. The van der Waals surface area contributed by atoms with Gasteiger partial charge in [0.05, 0.1) is 6.61 Å². The van der Waals surface area contributed by atoms with Crippen LogP contribution in [0.5, 0.6) is 0 Å². The average Bonchev–Trinajstić information content (AvgIpc) is 2.41. The first-order valence-electron chi connectivity index (χ1n) is 5.52. The lowest BCUT2D eigenvalue weighted by Crippen LogP contribution is -2.32. The van der Waals surface area contributed by atoms with Gasteiger partial charge in [0.2, 0.25) is 0 Å². The molecule has 0 amide bonds. The molecule has 0 bridgehead atoms. The molecule has 0 aliphatic heterocycles. The van der Waals surface area contributed by atoms with Crippen molar-refractivity contribution in [3.05, 3.63) is 64.7 Å². The predicted molar refractivity (Wildman–Crippen MR) is 72.4 cm³/mol. The normalized spacial score (nSPS) is 14.2. The van der Waals surface area contributed by atoms with E-state index < -0.39 is 12.2 Å². The molecule has 0 aliphatic rings. The van der Waals surface area contributed by atoms with Crippen molar-refractivity contribution in [3.8, 4) is 0 Å². The minimum Gasteiger partial charge on any atom is -0.398 e. The highest BCUT2D eigenvalue weighted by molar-refractivity contribution is 6.30. The van der Waals surface area contributed by atoms with E-state index in [0.717, 1.165) is 0 Å². The zero-order chi connectivity index (χ0) is 13.2. The second kappa shape index (κ2) is 4.98. The maximum absolute atomic E-state index is 10.7. The fourth-order valence-electron chi connectivity index (χ4n) is 1.93. The molecule has 4 N–H and O–H groups in total. The van der Waals surface area contributed by atoms with E-state index in [1.807, 2.05) is 6.07 Å². The van der Waals surface area contributed by atoms with Gasteiger partial charge in [-0.2, -0.15) is 0 Å². The second-order valence-corrected chi connectivity index (χ2v) is 4.55. The van der Waals surface area contributed by atoms with E-state index in [1.165, 1.54) is 0 Å². The molecule has 1 unspecified atom stereocenters. The van der Waals surface area contributed by atoms with Crippen LogP contribution in [0.25, 0.3) is 0 Å². The van der Waals surface area contributed by atoms with Crippen molar-refractivity contribution in [1.82, 2.24) is 0 Å². The Bertz CT molecular complexity index is 545. The first-order chi connectivity index (χ1) is 8.58. The minimum atomic E-state index is -1.55. The number of hydrogen-bond donors (Lipinski definition) is 3. The number of aliphatic hydroxyl groups excluding tert-OH is 1. The van der Waals surface area contributed by atoms with Crippen molar-refractivity contribution >= 4 is 17.3 Å². The molecule has 0 saturated carbocycles. The molecule has 2 rings (SSSR count). The summed E-state index contributed by atoms with van der Waals surface area (Å²) in [6.07, 6.45) is 0. The molecule has 0 aliphatic carbocycles. The lowest BCUT2D eigenvalue weighted by molar-refractivity contribution is 0.0179. The van der Waals surface area contributed by atoms with E-state index in [1.54, 1.807) is 42.5 Å². The van der Waals surface area contributed by atoms with Crippen molar-refractivity contribution in [1.29, 1.82) is 0 Å². The zero-order valence-electron chi connectivity index (χ0n) is 9.68. The number of benzene rings is 2. The van der Waals surface area contributed by atoms with Crippen LogP contribution in [0.15, 0.2) is 48.5 Å². The maximum Gasteiger partial charge on any atom is 0.140 e. The molecule has 1 atom stereocenters. The largest absolute Gasteiger partial charge is 0.398 e. The molecule has 0 spiro atoms. The van der Waals surface area contributed by atoms with Crippen LogP contribution in [0.1, 0.15) is 11.1 Å². The third-order valence-electron chi connectivity index (χ3n) is 2.94. The van der Waals surface area contributed by atoms with Gasteiger partial charge in [0.1, 0.15) is 5.60 Å². The van der Waals surface area contributed by atoms with Gasteiger partial charge in [-0.15, -0.1) is 0 Å². The highest BCUT2D eigenvalue weighted by atomic mass is 35.5. The Hall–Kier alpha value is -1.55. The van der Waals surface area contributed by atoms with Gasteiger partial charge < -0.3 is 15.9 Å². The van der Waals surface area contributed by atoms with Gasteiger partial charge in [-0.1, -0.05) is 41.9 Å². The molecule has 2 aromatic rings. The zero-order valence-corrected chi connectivity index (χ0v) is 10.4. The SMILES string of the molecule is Nc1ccc(Cl)cc1C(O)(CO)c1ccccc1. The van der Waals surface area contributed by atoms with Crippen LogP contribution >= 0.6 is 11.6 Å². The molecule has 2 aromatic carbocycles. The maximum atomic E-state index is 10.7. The van der Waals surface area contributed by atoms with Crippen LogP contribution in [-0.2, 0) is 5.60 Å². The van der Waals surface area contributed by atoms with Crippen molar-refractivity contribution in [2.45, 2.75) is 5.60 Å². The van der Waals surface area contributed by atoms with Gasteiger partial charge in [-0.3, -0.25) is 0 Å². The van der Waals surface area contributed by atoms with Crippen LogP contribution < -0.4 is 5.73 Å². The number of anilines is 1. The van der Waals surface area contributed by atoms with E-state index in [0.29, 0.717) is 21.8 Å². The number of halogens is 1. The lowest BCUT2D eigenvalue weighted by atomic mass is 9.86. The summed E-state index contributed by atoms with van der Waals surface area (Å²) in [6.45, 7) is -0.471. The van der Waals surface area contributed by atoms with Crippen molar-refractivity contribution in [2.75, 3.05) is 12.3 Å². The van der Waals surface area contributed by atoms with Gasteiger partial charge in [-0.05, 0) is 23.8 Å².